The smallest absolute Gasteiger partial charge is 0.0660 e. The summed E-state index contributed by atoms with van der Waals surface area (Å²) in [4.78, 5) is 0. The number of ether oxygens (including phenoxy) is 1. The highest BCUT2D eigenvalue weighted by molar-refractivity contribution is 4.92. The van der Waals surface area contributed by atoms with Crippen LogP contribution in [0.2, 0.25) is 0 Å². The molecule has 0 N–H and O–H groups in total. The van der Waals surface area contributed by atoms with Crippen molar-refractivity contribution in [3.8, 4) is 0 Å². The minimum Gasteiger partial charge on any atom is -0.372 e. The first-order valence-electron chi connectivity index (χ1n) is 4.51. The second-order valence-corrected chi connectivity index (χ2v) is 5.08. The third-order valence-electron chi connectivity index (χ3n) is 2.63. The molecule has 1 nitrogen and oxygen atoms in total. The molecule has 0 aliphatic heterocycles. The fraction of sp³-hybridized carbons (Fsp3) is 1.00. The minimum absolute atomic E-state index is 0.229. The van der Waals surface area contributed by atoms with Crippen molar-refractivity contribution in [2.45, 2.75) is 59.2 Å². The summed E-state index contributed by atoms with van der Waals surface area (Å²) >= 11 is 0. The Labute approximate surface area is 70.1 Å². The molecule has 1 aliphatic carbocycles. The highest BCUT2D eigenvalue weighted by atomic mass is 16.5. The van der Waals surface area contributed by atoms with Crippen molar-refractivity contribution < 1.29 is 4.74 Å². The Kier molecular flexibility index (Phi) is 2.04. The molecule has 0 radical (unpaired) electrons. The molecule has 1 atom stereocenters. The van der Waals surface area contributed by atoms with E-state index >= 15 is 0 Å². The van der Waals surface area contributed by atoms with Crippen LogP contribution in [-0.4, -0.2) is 11.7 Å². The quantitative estimate of drug-likeness (QED) is 0.597. The van der Waals surface area contributed by atoms with Crippen LogP contribution in [-0.2, 0) is 4.74 Å². The first-order chi connectivity index (χ1) is 4.83. The Balaban J connectivity index is 2.37. The molecule has 0 aromatic rings. The fourth-order valence-electron chi connectivity index (χ4n) is 0.897. The number of hydrogen-bond acceptors (Lipinski definition) is 1. The van der Waals surface area contributed by atoms with E-state index in [-0.39, 0.29) is 11.0 Å². The summed E-state index contributed by atoms with van der Waals surface area (Å²) in [6.45, 7) is 11.1. The Morgan fingerprint density at radius 3 is 2.00 bits per heavy atom. The Bertz CT molecular complexity index is 139. The van der Waals surface area contributed by atoms with Crippen molar-refractivity contribution in [1.29, 1.82) is 0 Å². The Hall–Kier alpha value is -0.0400. The maximum absolute atomic E-state index is 5.91. The molecule has 1 rings (SSSR count). The lowest BCUT2D eigenvalue weighted by Gasteiger charge is -2.30. The van der Waals surface area contributed by atoms with E-state index in [0.717, 1.165) is 0 Å². The van der Waals surface area contributed by atoms with Crippen LogP contribution in [0.25, 0.3) is 0 Å². The van der Waals surface area contributed by atoms with E-state index in [2.05, 4.69) is 34.6 Å². The van der Waals surface area contributed by atoms with E-state index in [1.165, 1.54) is 12.8 Å². The lowest BCUT2D eigenvalue weighted by molar-refractivity contribution is -0.0620. The summed E-state index contributed by atoms with van der Waals surface area (Å²) in [5, 5.41) is 0. The van der Waals surface area contributed by atoms with Gasteiger partial charge in [-0.3, -0.25) is 0 Å². The summed E-state index contributed by atoms with van der Waals surface area (Å²) in [6.07, 6.45) is 2.86. The molecule has 0 amide bonds. The van der Waals surface area contributed by atoms with Crippen molar-refractivity contribution in [3.63, 3.8) is 0 Å². The Morgan fingerprint density at radius 2 is 1.73 bits per heavy atom. The minimum atomic E-state index is 0.229. The zero-order chi connectivity index (χ0) is 8.70. The van der Waals surface area contributed by atoms with Crippen molar-refractivity contribution >= 4 is 0 Å². The molecule has 0 spiro atoms. The van der Waals surface area contributed by atoms with Crippen LogP contribution in [0, 0.1) is 5.41 Å². The van der Waals surface area contributed by atoms with E-state index in [9.17, 15) is 0 Å². The van der Waals surface area contributed by atoms with Gasteiger partial charge in [0.2, 0.25) is 0 Å². The summed E-state index contributed by atoms with van der Waals surface area (Å²) in [7, 11) is 0. The lowest BCUT2D eigenvalue weighted by Crippen LogP contribution is -2.30. The van der Waals surface area contributed by atoms with Gasteiger partial charge in [-0.1, -0.05) is 20.8 Å². The van der Waals surface area contributed by atoms with Crippen LogP contribution in [0.1, 0.15) is 47.5 Å². The largest absolute Gasteiger partial charge is 0.372 e. The van der Waals surface area contributed by atoms with E-state index in [1.54, 1.807) is 0 Å². The van der Waals surface area contributed by atoms with Crippen LogP contribution >= 0.6 is 0 Å². The highest BCUT2D eigenvalue weighted by Crippen LogP contribution is 2.42. The van der Waals surface area contributed by atoms with Crippen molar-refractivity contribution in [2.24, 2.45) is 5.41 Å². The third-order valence-corrected chi connectivity index (χ3v) is 2.63. The summed E-state index contributed by atoms with van der Waals surface area (Å²) in [5.74, 6) is 0. The fourth-order valence-corrected chi connectivity index (χ4v) is 0.897. The average molecular weight is 156 g/mol. The topological polar surface area (TPSA) is 9.23 Å². The maximum atomic E-state index is 5.91. The van der Waals surface area contributed by atoms with Crippen LogP contribution in [0.15, 0.2) is 0 Å². The second-order valence-electron chi connectivity index (χ2n) is 5.08. The number of rotatable bonds is 2. The standard InChI is InChI=1S/C10H20O/c1-8(9(2,3)4)11-10(5)6-7-10/h8H,6-7H2,1-5H3. The van der Waals surface area contributed by atoms with Gasteiger partial charge in [0.1, 0.15) is 0 Å². The van der Waals surface area contributed by atoms with Gasteiger partial charge >= 0.3 is 0 Å². The molecule has 1 saturated carbocycles. The van der Waals surface area contributed by atoms with Crippen molar-refractivity contribution in [3.05, 3.63) is 0 Å². The molecule has 1 aliphatic rings. The van der Waals surface area contributed by atoms with E-state index in [0.29, 0.717) is 6.10 Å². The van der Waals surface area contributed by atoms with Crippen molar-refractivity contribution in [2.75, 3.05) is 0 Å². The van der Waals surface area contributed by atoms with E-state index < -0.39 is 0 Å². The molecule has 11 heavy (non-hydrogen) atoms. The van der Waals surface area contributed by atoms with E-state index in [1.807, 2.05) is 0 Å². The molecule has 66 valence electrons. The monoisotopic (exact) mass is 156 g/mol. The first kappa shape index (κ1) is 9.05. The zero-order valence-electron chi connectivity index (χ0n) is 8.40. The van der Waals surface area contributed by atoms with Crippen LogP contribution < -0.4 is 0 Å². The third kappa shape index (κ3) is 2.48. The first-order valence-corrected chi connectivity index (χ1v) is 4.51. The van der Waals surface area contributed by atoms with Crippen LogP contribution in [0.4, 0.5) is 0 Å². The molecular formula is C10H20O. The SMILES string of the molecule is CC(OC1(C)CC1)C(C)(C)C. The van der Waals surface area contributed by atoms with Gasteiger partial charge in [-0.2, -0.15) is 0 Å². The summed E-state index contributed by atoms with van der Waals surface area (Å²) < 4.78 is 5.91. The predicted molar refractivity (Wildman–Crippen MR) is 47.6 cm³/mol. The molecule has 0 saturated heterocycles. The van der Waals surface area contributed by atoms with Gasteiger partial charge in [-0.25, -0.2) is 0 Å². The normalized spacial score (nSPS) is 24.8. The van der Waals surface area contributed by atoms with Gasteiger partial charge in [-0.05, 0) is 32.1 Å². The van der Waals surface area contributed by atoms with Crippen molar-refractivity contribution in [1.82, 2.24) is 0 Å². The zero-order valence-corrected chi connectivity index (χ0v) is 8.40. The average Bonchev–Trinajstić information content (AvgIpc) is 2.45. The van der Waals surface area contributed by atoms with Crippen LogP contribution in [0.5, 0.6) is 0 Å². The van der Waals surface area contributed by atoms with Gasteiger partial charge in [0.05, 0.1) is 11.7 Å². The molecule has 1 heteroatoms. The molecule has 0 bridgehead atoms. The van der Waals surface area contributed by atoms with Gasteiger partial charge < -0.3 is 4.74 Å². The lowest BCUT2D eigenvalue weighted by atomic mass is 9.90. The number of hydrogen-bond donors (Lipinski definition) is 0. The van der Waals surface area contributed by atoms with Gasteiger partial charge in [0, 0.05) is 0 Å². The molecule has 1 unspecified atom stereocenters. The Morgan fingerprint density at radius 1 is 1.27 bits per heavy atom. The van der Waals surface area contributed by atoms with Gasteiger partial charge in [0.25, 0.3) is 0 Å². The molecule has 0 aromatic carbocycles. The van der Waals surface area contributed by atoms with Gasteiger partial charge in [0.15, 0.2) is 0 Å². The summed E-state index contributed by atoms with van der Waals surface area (Å²) in [5.41, 5.74) is 0.512. The molecule has 1 fully saturated rings. The van der Waals surface area contributed by atoms with Crippen LogP contribution in [0.3, 0.4) is 0 Å². The second kappa shape index (κ2) is 2.48. The molecule has 0 aromatic heterocycles. The molecular weight excluding hydrogens is 136 g/mol. The maximum Gasteiger partial charge on any atom is 0.0660 e. The van der Waals surface area contributed by atoms with E-state index in [4.69, 9.17) is 4.74 Å². The van der Waals surface area contributed by atoms with Gasteiger partial charge in [-0.15, -0.1) is 0 Å². The predicted octanol–water partition coefficient (Wildman–Crippen LogP) is 2.99. The summed E-state index contributed by atoms with van der Waals surface area (Å²) in [6, 6.07) is 0. The molecule has 0 heterocycles. The highest BCUT2D eigenvalue weighted by Gasteiger charge is 2.41.